The molecule has 2 aromatic heterocycles. The van der Waals surface area contributed by atoms with E-state index in [-0.39, 0.29) is 11.6 Å². The lowest BCUT2D eigenvalue weighted by atomic mass is 10.1. The van der Waals surface area contributed by atoms with Crippen LogP contribution in [0.25, 0.3) is 10.9 Å². The maximum atomic E-state index is 12.7. The van der Waals surface area contributed by atoms with Gasteiger partial charge in [0.15, 0.2) is 0 Å². The molecule has 21 heavy (non-hydrogen) atoms. The van der Waals surface area contributed by atoms with E-state index < -0.39 is 0 Å². The lowest BCUT2D eigenvalue weighted by molar-refractivity contribution is 0.531. The molecule has 0 saturated carbocycles. The van der Waals surface area contributed by atoms with Crippen LogP contribution in [0.4, 0.5) is 0 Å². The SMILES string of the molecule is CC[C@H](c1ccccn1)n1cnc2c(Cl)cccc2c1=O. The van der Waals surface area contributed by atoms with E-state index in [2.05, 4.69) is 9.97 Å². The Labute approximate surface area is 127 Å². The van der Waals surface area contributed by atoms with Gasteiger partial charge in [0.05, 0.1) is 34.0 Å². The van der Waals surface area contributed by atoms with E-state index in [9.17, 15) is 4.79 Å². The van der Waals surface area contributed by atoms with Crippen LogP contribution in [0.15, 0.2) is 53.7 Å². The number of fused-ring (bicyclic) bond motifs is 1. The second-order valence-electron chi connectivity index (χ2n) is 4.77. The highest BCUT2D eigenvalue weighted by Crippen LogP contribution is 2.21. The summed E-state index contributed by atoms with van der Waals surface area (Å²) in [6.45, 7) is 2.02. The van der Waals surface area contributed by atoms with Crippen molar-refractivity contribution in [3.8, 4) is 0 Å². The Hall–Kier alpha value is -2.20. The molecule has 0 amide bonds. The minimum atomic E-state index is -0.130. The van der Waals surface area contributed by atoms with Gasteiger partial charge in [-0.15, -0.1) is 0 Å². The van der Waals surface area contributed by atoms with Crippen molar-refractivity contribution in [1.82, 2.24) is 14.5 Å². The molecule has 0 aliphatic rings. The maximum absolute atomic E-state index is 12.7. The van der Waals surface area contributed by atoms with Gasteiger partial charge in [0.1, 0.15) is 0 Å². The second kappa shape index (κ2) is 5.66. The molecular formula is C16H14ClN3O. The molecule has 0 aliphatic heterocycles. The quantitative estimate of drug-likeness (QED) is 0.744. The minimum Gasteiger partial charge on any atom is -0.290 e. The third kappa shape index (κ3) is 2.43. The predicted molar refractivity (Wildman–Crippen MR) is 83.7 cm³/mol. The number of rotatable bonds is 3. The van der Waals surface area contributed by atoms with Crippen LogP contribution in [-0.2, 0) is 0 Å². The van der Waals surface area contributed by atoms with Gasteiger partial charge in [0.25, 0.3) is 5.56 Å². The van der Waals surface area contributed by atoms with Gasteiger partial charge in [-0.1, -0.05) is 30.7 Å². The third-order valence-electron chi connectivity index (χ3n) is 3.51. The fraction of sp³-hybridized carbons (Fsp3) is 0.188. The average molecular weight is 300 g/mol. The summed E-state index contributed by atoms with van der Waals surface area (Å²) >= 11 is 6.09. The van der Waals surface area contributed by atoms with Crippen molar-refractivity contribution in [2.75, 3.05) is 0 Å². The zero-order valence-corrected chi connectivity index (χ0v) is 12.3. The molecule has 0 unspecified atom stereocenters. The number of hydrogen-bond acceptors (Lipinski definition) is 3. The van der Waals surface area contributed by atoms with Crippen molar-refractivity contribution in [3.63, 3.8) is 0 Å². The van der Waals surface area contributed by atoms with Crippen molar-refractivity contribution in [2.45, 2.75) is 19.4 Å². The minimum absolute atomic E-state index is 0.0972. The van der Waals surface area contributed by atoms with Gasteiger partial charge in [-0.3, -0.25) is 14.3 Å². The molecule has 1 aromatic carbocycles. The number of para-hydroxylation sites is 1. The highest BCUT2D eigenvalue weighted by atomic mass is 35.5. The van der Waals surface area contributed by atoms with Crippen LogP contribution in [0.3, 0.4) is 0 Å². The number of nitrogens with zero attached hydrogens (tertiary/aromatic N) is 3. The summed E-state index contributed by atoms with van der Waals surface area (Å²) in [4.78, 5) is 21.4. The molecule has 0 saturated heterocycles. The summed E-state index contributed by atoms with van der Waals surface area (Å²) in [6, 6.07) is 10.8. The van der Waals surface area contributed by atoms with E-state index in [1.54, 1.807) is 35.3 Å². The van der Waals surface area contributed by atoms with Crippen molar-refractivity contribution < 1.29 is 0 Å². The van der Waals surface area contributed by atoms with Crippen molar-refractivity contribution >= 4 is 22.5 Å². The number of hydrogen-bond donors (Lipinski definition) is 0. The Morgan fingerprint density at radius 3 is 2.76 bits per heavy atom. The number of pyridine rings is 1. The smallest absolute Gasteiger partial charge is 0.261 e. The van der Waals surface area contributed by atoms with E-state index in [4.69, 9.17) is 11.6 Å². The summed E-state index contributed by atoms with van der Waals surface area (Å²) < 4.78 is 1.63. The van der Waals surface area contributed by atoms with Crippen molar-refractivity contribution in [3.05, 3.63) is 70.0 Å². The first kappa shape index (κ1) is 13.8. The molecule has 4 nitrogen and oxygen atoms in total. The normalized spacial score (nSPS) is 12.5. The van der Waals surface area contributed by atoms with Gasteiger partial charge < -0.3 is 0 Å². The molecular weight excluding hydrogens is 286 g/mol. The van der Waals surface area contributed by atoms with Gasteiger partial charge in [-0.05, 0) is 30.7 Å². The van der Waals surface area contributed by atoms with E-state index in [0.29, 0.717) is 15.9 Å². The fourth-order valence-corrected chi connectivity index (χ4v) is 2.70. The van der Waals surface area contributed by atoms with Crippen molar-refractivity contribution in [1.29, 1.82) is 0 Å². The van der Waals surface area contributed by atoms with Gasteiger partial charge in [0.2, 0.25) is 0 Å². The van der Waals surface area contributed by atoms with Crippen molar-refractivity contribution in [2.24, 2.45) is 0 Å². The standard InChI is InChI=1S/C16H14ClN3O/c1-2-14(13-8-3-4-9-18-13)20-10-19-15-11(16(20)21)6-5-7-12(15)17/h3-10,14H,2H2,1H3/t14-/m1/s1. The molecule has 106 valence electrons. The predicted octanol–water partition coefficient (Wildman–Crippen LogP) is 3.44. The first-order valence-corrected chi connectivity index (χ1v) is 7.16. The molecule has 2 heterocycles. The molecule has 0 fully saturated rings. The molecule has 0 N–H and O–H groups in total. The van der Waals surface area contributed by atoms with Crippen LogP contribution in [0.5, 0.6) is 0 Å². The summed E-state index contributed by atoms with van der Waals surface area (Å²) in [6.07, 6.45) is 4.04. The Morgan fingerprint density at radius 2 is 2.05 bits per heavy atom. The monoisotopic (exact) mass is 299 g/mol. The zero-order valence-electron chi connectivity index (χ0n) is 11.5. The number of benzene rings is 1. The van der Waals surface area contributed by atoms with Crippen LogP contribution in [0, 0.1) is 0 Å². The molecule has 0 spiro atoms. The highest BCUT2D eigenvalue weighted by molar-refractivity contribution is 6.34. The van der Waals surface area contributed by atoms with E-state index in [0.717, 1.165) is 12.1 Å². The lowest BCUT2D eigenvalue weighted by Gasteiger charge is -2.17. The number of halogens is 1. The van der Waals surface area contributed by atoms with E-state index in [1.165, 1.54) is 0 Å². The maximum Gasteiger partial charge on any atom is 0.261 e. The van der Waals surface area contributed by atoms with Gasteiger partial charge >= 0.3 is 0 Å². The topological polar surface area (TPSA) is 47.8 Å². The molecule has 0 bridgehead atoms. The first-order valence-electron chi connectivity index (χ1n) is 6.78. The molecule has 3 aromatic rings. The average Bonchev–Trinajstić information content (AvgIpc) is 2.52. The van der Waals surface area contributed by atoms with Gasteiger partial charge in [-0.25, -0.2) is 4.98 Å². The molecule has 1 atom stereocenters. The van der Waals surface area contributed by atoms with Gasteiger partial charge in [0, 0.05) is 6.20 Å². The van der Waals surface area contributed by atoms with Crippen LogP contribution >= 0.6 is 11.6 Å². The third-order valence-corrected chi connectivity index (χ3v) is 3.82. The summed E-state index contributed by atoms with van der Waals surface area (Å²) in [5.41, 5.74) is 1.29. The largest absolute Gasteiger partial charge is 0.290 e. The Morgan fingerprint density at radius 1 is 1.19 bits per heavy atom. The van der Waals surface area contributed by atoms with E-state index >= 15 is 0 Å². The van der Waals surface area contributed by atoms with Crippen LogP contribution in [0.1, 0.15) is 25.1 Å². The van der Waals surface area contributed by atoms with Crippen LogP contribution in [0.2, 0.25) is 5.02 Å². The lowest BCUT2D eigenvalue weighted by Crippen LogP contribution is -2.26. The number of aromatic nitrogens is 3. The van der Waals surface area contributed by atoms with Crippen LogP contribution in [-0.4, -0.2) is 14.5 Å². The summed E-state index contributed by atoms with van der Waals surface area (Å²) in [5, 5.41) is 1.02. The highest BCUT2D eigenvalue weighted by Gasteiger charge is 2.16. The second-order valence-corrected chi connectivity index (χ2v) is 5.18. The van der Waals surface area contributed by atoms with E-state index in [1.807, 2.05) is 25.1 Å². The molecule has 0 radical (unpaired) electrons. The first-order chi connectivity index (χ1) is 10.2. The van der Waals surface area contributed by atoms with Crippen LogP contribution < -0.4 is 5.56 Å². The molecule has 5 heteroatoms. The Bertz CT molecular complexity index is 830. The summed E-state index contributed by atoms with van der Waals surface area (Å²) in [7, 11) is 0. The molecule has 0 aliphatic carbocycles. The zero-order chi connectivity index (χ0) is 14.8. The summed E-state index contributed by atoms with van der Waals surface area (Å²) in [5.74, 6) is 0. The Kier molecular flexibility index (Phi) is 3.71. The van der Waals surface area contributed by atoms with Gasteiger partial charge in [-0.2, -0.15) is 0 Å². The molecule has 3 rings (SSSR count). The fourth-order valence-electron chi connectivity index (χ4n) is 2.47. The Balaban J connectivity index is 2.21.